The van der Waals surface area contributed by atoms with Gasteiger partial charge in [-0.1, -0.05) is 33.7 Å². The Morgan fingerprint density at radius 3 is 2.52 bits per heavy atom. The van der Waals surface area contributed by atoms with Gasteiger partial charge in [0.05, 0.1) is 5.56 Å². The summed E-state index contributed by atoms with van der Waals surface area (Å²) in [7, 11) is 2.68. The van der Waals surface area contributed by atoms with E-state index in [2.05, 4.69) is 4.84 Å². The Kier molecular flexibility index (Phi) is 8.68. The van der Waals surface area contributed by atoms with Gasteiger partial charge in [0.2, 0.25) is 0 Å². The lowest BCUT2D eigenvalue weighted by Gasteiger charge is -2.07. The molecule has 0 saturated heterocycles. The average molecular weight is 362 g/mol. The highest BCUT2D eigenvalue weighted by Gasteiger charge is 2.14. The number of para-hydroxylation sites is 1. The Balaban J connectivity index is 2.12. The van der Waals surface area contributed by atoms with Gasteiger partial charge in [-0.3, -0.25) is 10.1 Å². The van der Waals surface area contributed by atoms with Gasteiger partial charge in [0.25, 0.3) is 11.0 Å². The molecule has 9 nitrogen and oxygen atoms in total. The molecule has 0 aliphatic heterocycles. The first-order valence-corrected chi connectivity index (χ1v) is 8.77. The molecule has 0 spiro atoms. The summed E-state index contributed by atoms with van der Waals surface area (Å²) in [6.45, 7) is 0.0503. The number of phenols is 1. The van der Waals surface area contributed by atoms with E-state index in [9.17, 15) is 24.8 Å². The van der Waals surface area contributed by atoms with Crippen LogP contribution in [0.25, 0.3) is 0 Å². The first-order valence-electron chi connectivity index (χ1n) is 6.28. The summed E-state index contributed by atoms with van der Waals surface area (Å²) in [6.07, 6.45) is -0.916. The second kappa shape index (κ2) is 10.6. The standard InChI is InChI=1S/C12H14N2O7S2/c15-10-4-2-1-3-9(10)11(16)13-12(17)20-5-7-22-23-8-6-21-14(18)19/h1-4,15H,5-8H2,(H,13,16,17). The number of hydrogen-bond acceptors (Lipinski definition) is 9. The second-order valence-electron chi connectivity index (χ2n) is 3.81. The molecule has 0 saturated carbocycles. The van der Waals surface area contributed by atoms with Gasteiger partial charge in [-0.2, -0.15) is 0 Å². The lowest BCUT2D eigenvalue weighted by molar-refractivity contribution is -0.756. The molecule has 1 rings (SSSR count). The monoisotopic (exact) mass is 362 g/mol. The zero-order chi connectivity index (χ0) is 17.1. The number of carbonyl (C=O) groups is 2. The number of phenolic OH excluding ortho intramolecular Hbond substituents is 1. The maximum absolute atomic E-state index is 11.7. The van der Waals surface area contributed by atoms with E-state index in [-0.39, 0.29) is 24.5 Å². The van der Waals surface area contributed by atoms with Crippen molar-refractivity contribution in [1.82, 2.24) is 5.32 Å². The van der Waals surface area contributed by atoms with Gasteiger partial charge in [-0.05, 0) is 12.1 Å². The van der Waals surface area contributed by atoms with Crippen LogP contribution in [0.15, 0.2) is 24.3 Å². The normalized spacial score (nSPS) is 9.91. The molecule has 2 N–H and O–H groups in total. The van der Waals surface area contributed by atoms with Crippen molar-refractivity contribution < 1.29 is 29.4 Å². The number of imide groups is 1. The minimum Gasteiger partial charge on any atom is -0.507 e. The molecule has 2 amide bonds. The van der Waals surface area contributed by atoms with E-state index < -0.39 is 17.1 Å². The topological polar surface area (TPSA) is 128 Å². The summed E-state index contributed by atoms with van der Waals surface area (Å²) < 4.78 is 4.79. The van der Waals surface area contributed by atoms with Crippen molar-refractivity contribution in [2.75, 3.05) is 24.7 Å². The quantitative estimate of drug-likeness (QED) is 0.293. The van der Waals surface area contributed by atoms with Crippen molar-refractivity contribution in [1.29, 1.82) is 0 Å². The van der Waals surface area contributed by atoms with E-state index in [0.717, 1.165) is 0 Å². The molecule has 0 atom stereocenters. The van der Waals surface area contributed by atoms with Crippen LogP contribution in [0.3, 0.4) is 0 Å². The number of ether oxygens (including phenoxy) is 1. The fourth-order valence-electron chi connectivity index (χ4n) is 1.29. The predicted octanol–water partition coefficient (Wildman–Crippen LogP) is 1.85. The van der Waals surface area contributed by atoms with Gasteiger partial charge >= 0.3 is 6.09 Å². The summed E-state index contributed by atoms with van der Waals surface area (Å²) in [6, 6.07) is 5.81. The molecule has 23 heavy (non-hydrogen) atoms. The van der Waals surface area contributed by atoms with Crippen LogP contribution in [0.4, 0.5) is 4.79 Å². The molecule has 1 aromatic rings. The highest BCUT2D eigenvalue weighted by Crippen LogP contribution is 2.20. The summed E-state index contributed by atoms with van der Waals surface area (Å²) >= 11 is 0. The fourth-order valence-corrected chi connectivity index (χ4v) is 2.94. The van der Waals surface area contributed by atoms with Gasteiger partial charge in [0, 0.05) is 11.5 Å². The summed E-state index contributed by atoms with van der Waals surface area (Å²) in [5.41, 5.74) is -0.0276. The summed E-state index contributed by atoms with van der Waals surface area (Å²) in [4.78, 5) is 37.1. The minimum absolute atomic E-state index is 0.0128. The lowest BCUT2D eigenvalue weighted by atomic mass is 10.2. The van der Waals surface area contributed by atoms with Crippen molar-refractivity contribution >= 4 is 33.6 Å². The Morgan fingerprint density at radius 2 is 1.87 bits per heavy atom. The Morgan fingerprint density at radius 1 is 1.22 bits per heavy atom. The molecular weight excluding hydrogens is 348 g/mol. The molecular formula is C12H14N2O7S2. The van der Waals surface area contributed by atoms with Crippen molar-refractivity contribution in [2.24, 2.45) is 0 Å². The molecule has 1 aromatic carbocycles. The summed E-state index contributed by atoms with van der Waals surface area (Å²) in [5, 5.41) is 20.5. The maximum atomic E-state index is 11.7. The lowest BCUT2D eigenvalue weighted by Crippen LogP contribution is -2.31. The van der Waals surface area contributed by atoms with E-state index in [1.54, 1.807) is 12.1 Å². The van der Waals surface area contributed by atoms with Gasteiger partial charge < -0.3 is 14.7 Å². The highest BCUT2D eigenvalue weighted by molar-refractivity contribution is 8.76. The number of nitrogens with zero attached hydrogens (tertiary/aromatic N) is 1. The molecule has 0 heterocycles. The summed E-state index contributed by atoms with van der Waals surface area (Å²) in [5.74, 6) is -0.126. The van der Waals surface area contributed by atoms with Crippen molar-refractivity contribution in [3.05, 3.63) is 39.9 Å². The SMILES string of the molecule is O=C(NC(=O)c1ccccc1O)OCCSSCCO[N+](=O)[O-]. The van der Waals surface area contributed by atoms with Crippen LogP contribution in [0.5, 0.6) is 5.75 Å². The minimum atomic E-state index is -0.916. The van der Waals surface area contributed by atoms with Crippen molar-refractivity contribution in [2.45, 2.75) is 0 Å². The number of hydrogen-bond donors (Lipinski definition) is 2. The fraction of sp³-hybridized carbons (Fsp3) is 0.333. The molecule has 0 aliphatic carbocycles. The number of benzene rings is 1. The molecule has 0 unspecified atom stereocenters. The molecule has 0 aromatic heterocycles. The zero-order valence-electron chi connectivity index (χ0n) is 11.8. The van der Waals surface area contributed by atoms with E-state index in [0.29, 0.717) is 11.5 Å². The number of carbonyl (C=O) groups excluding carboxylic acids is 2. The third-order valence-electron chi connectivity index (χ3n) is 2.21. The Hall–Kier alpha value is -2.14. The van der Waals surface area contributed by atoms with Crippen LogP contribution in [0, 0.1) is 10.1 Å². The number of rotatable bonds is 9. The van der Waals surface area contributed by atoms with Crippen LogP contribution in [0.1, 0.15) is 10.4 Å². The maximum Gasteiger partial charge on any atom is 0.414 e. The van der Waals surface area contributed by atoms with Crippen LogP contribution in [0.2, 0.25) is 0 Å². The average Bonchev–Trinajstić information content (AvgIpc) is 2.50. The third-order valence-corrected chi connectivity index (χ3v) is 4.54. The van der Waals surface area contributed by atoms with Crippen LogP contribution in [-0.2, 0) is 9.57 Å². The van der Waals surface area contributed by atoms with Gasteiger partial charge in [-0.25, -0.2) is 4.79 Å². The van der Waals surface area contributed by atoms with Crippen LogP contribution >= 0.6 is 21.6 Å². The van der Waals surface area contributed by atoms with Gasteiger partial charge in [0.1, 0.15) is 19.0 Å². The second-order valence-corrected chi connectivity index (χ2v) is 6.51. The van der Waals surface area contributed by atoms with Crippen molar-refractivity contribution in [3.63, 3.8) is 0 Å². The van der Waals surface area contributed by atoms with Gasteiger partial charge in [0.15, 0.2) is 0 Å². The van der Waals surface area contributed by atoms with E-state index in [1.807, 2.05) is 5.32 Å². The Bertz CT molecular complexity index is 556. The van der Waals surface area contributed by atoms with Crippen molar-refractivity contribution in [3.8, 4) is 5.75 Å². The van der Waals surface area contributed by atoms with E-state index in [1.165, 1.54) is 33.7 Å². The molecule has 0 radical (unpaired) electrons. The zero-order valence-corrected chi connectivity index (χ0v) is 13.4. The van der Waals surface area contributed by atoms with Crippen LogP contribution in [-0.4, -0.2) is 46.9 Å². The molecule has 11 heteroatoms. The molecule has 0 aliphatic rings. The number of aromatic hydroxyl groups is 1. The predicted molar refractivity (Wildman–Crippen MR) is 84.8 cm³/mol. The first-order chi connectivity index (χ1) is 11.0. The van der Waals surface area contributed by atoms with Gasteiger partial charge in [-0.15, -0.1) is 10.1 Å². The molecule has 0 fully saturated rings. The van der Waals surface area contributed by atoms with E-state index in [4.69, 9.17) is 4.74 Å². The number of nitrogens with one attached hydrogen (secondary N) is 1. The molecule has 0 bridgehead atoms. The Labute approximate surface area is 139 Å². The third kappa shape index (κ3) is 8.16. The number of amides is 2. The largest absolute Gasteiger partial charge is 0.507 e. The smallest absolute Gasteiger partial charge is 0.414 e. The highest BCUT2D eigenvalue weighted by atomic mass is 33.1. The van der Waals surface area contributed by atoms with E-state index >= 15 is 0 Å². The number of alkyl carbamates (subject to hydrolysis) is 1. The molecule has 126 valence electrons. The van der Waals surface area contributed by atoms with Crippen LogP contribution < -0.4 is 5.32 Å². The first kappa shape index (κ1) is 18.9.